The van der Waals surface area contributed by atoms with E-state index >= 15 is 0 Å². The first kappa shape index (κ1) is 21.7. The average Bonchev–Trinajstić information content (AvgIpc) is 2.69. The third-order valence-corrected chi connectivity index (χ3v) is 10.1. The van der Waals surface area contributed by atoms with Crippen LogP contribution in [0.4, 0.5) is 0 Å². The minimum Gasteiger partial charge on any atom is -0.400 e. The van der Waals surface area contributed by atoms with E-state index in [2.05, 4.69) is 86.2 Å². The van der Waals surface area contributed by atoms with Crippen molar-refractivity contribution in [3.8, 4) is 11.5 Å². The molecule has 2 aromatic carbocycles. The summed E-state index contributed by atoms with van der Waals surface area (Å²) in [5.74, 6) is 3.62. The van der Waals surface area contributed by atoms with Crippen LogP contribution >= 0.6 is 0 Å². The van der Waals surface area contributed by atoms with Crippen LogP contribution in [0.3, 0.4) is 0 Å². The SMILES string of the molecule is C[Si](C)(C#CC(CC(c1ccccc1)[Si](C)(C)CO)c1ccccc1)CO. The molecule has 2 N–H and O–H groups in total. The molecule has 0 fully saturated rings. The third kappa shape index (κ3) is 6.19. The van der Waals surface area contributed by atoms with Crippen molar-refractivity contribution in [3.05, 3.63) is 71.8 Å². The van der Waals surface area contributed by atoms with Crippen LogP contribution < -0.4 is 0 Å². The van der Waals surface area contributed by atoms with Gasteiger partial charge < -0.3 is 10.2 Å². The van der Waals surface area contributed by atoms with E-state index in [4.69, 9.17) is 0 Å². The lowest BCUT2D eigenvalue weighted by atomic mass is 9.92. The predicted octanol–water partition coefficient (Wildman–Crippen LogP) is 4.51. The van der Waals surface area contributed by atoms with Gasteiger partial charge in [0.15, 0.2) is 8.07 Å². The van der Waals surface area contributed by atoms with E-state index in [0.717, 1.165) is 6.42 Å². The van der Waals surface area contributed by atoms with E-state index < -0.39 is 16.1 Å². The first-order valence-corrected chi connectivity index (χ1v) is 16.1. The highest BCUT2D eigenvalue weighted by molar-refractivity contribution is 6.85. The summed E-state index contributed by atoms with van der Waals surface area (Å²) in [6.07, 6.45) is 1.34. The van der Waals surface area contributed by atoms with Gasteiger partial charge in [-0.15, -0.1) is 11.5 Å². The van der Waals surface area contributed by atoms with Crippen LogP contribution in [-0.4, -0.2) is 38.8 Å². The molecule has 2 atom stereocenters. The highest BCUT2D eigenvalue weighted by atomic mass is 28.3. The normalized spacial score (nSPS) is 14.1. The van der Waals surface area contributed by atoms with Gasteiger partial charge in [-0.05, 0) is 23.1 Å². The topological polar surface area (TPSA) is 40.5 Å². The van der Waals surface area contributed by atoms with Gasteiger partial charge in [0, 0.05) is 18.4 Å². The molecule has 0 amide bonds. The van der Waals surface area contributed by atoms with Crippen LogP contribution in [0.5, 0.6) is 0 Å². The van der Waals surface area contributed by atoms with E-state index in [1.54, 1.807) is 0 Å². The Morgan fingerprint density at radius 3 is 1.78 bits per heavy atom. The fourth-order valence-electron chi connectivity index (χ4n) is 3.22. The summed E-state index contributed by atoms with van der Waals surface area (Å²) in [6, 6.07) is 21.0. The number of hydrogen-bond acceptors (Lipinski definition) is 2. The molecule has 0 aliphatic carbocycles. The zero-order valence-electron chi connectivity index (χ0n) is 16.9. The highest BCUT2D eigenvalue weighted by Gasteiger charge is 2.34. The van der Waals surface area contributed by atoms with Crippen molar-refractivity contribution in [1.29, 1.82) is 0 Å². The van der Waals surface area contributed by atoms with Crippen LogP contribution in [-0.2, 0) is 0 Å². The Morgan fingerprint density at radius 1 is 0.778 bits per heavy atom. The molecule has 0 aliphatic rings. The lowest BCUT2D eigenvalue weighted by Gasteiger charge is -2.33. The zero-order chi connectivity index (χ0) is 19.9. The second kappa shape index (κ2) is 9.52. The Kier molecular flexibility index (Phi) is 7.63. The maximum atomic E-state index is 10.1. The monoisotopic (exact) mass is 396 g/mol. The number of hydrogen-bond donors (Lipinski definition) is 2. The smallest absolute Gasteiger partial charge is 0.158 e. The Morgan fingerprint density at radius 2 is 1.30 bits per heavy atom. The number of benzene rings is 2. The van der Waals surface area contributed by atoms with Crippen molar-refractivity contribution in [1.82, 2.24) is 0 Å². The molecule has 0 saturated heterocycles. The quantitative estimate of drug-likeness (QED) is 0.534. The van der Waals surface area contributed by atoms with Gasteiger partial charge in [0.1, 0.15) is 0 Å². The summed E-state index contributed by atoms with van der Waals surface area (Å²) >= 11 is 0. The molecule has 144 valence electrons. The Balaban J connectivity index is 2.44. The first-order chi connectivity index (χ1) is 12.8. The molecule has 0 bridgehead atoms. The summed E-state index contributed by atoms with van der Waals surface area (Å²) in [5, 5.41) is 19.7. The molecule has 2 nitrogen and oxygen atoms in total. The van der Waals surface area contributed by atoms with E-state index in [9.17, 15) is 10.2 Å². The van der Waals surface area contributed by atoms with Gasteiger partial charge in [-0.2, -0.15) is 0 Å². The van der Waals surface area contributed by atoms with Gasteiger partial charge >= 0.3 is 0 Å². The van der Waals surface area contributed by atoms with Crippen molar-refractivity contribution in [2.24, 2.45) is 0 Å². The summed E-state index contributed by atoms with van der Waals surface area (Å²) in [6.45, 7) is 8.71. The van der Waals surface area contributed by atoms with Crippen molar-refractivity contribution in [2.45, 2.75) is 44.1 Å². The number of rotatable bonds is 7. The first-order valence-electron chi connectivity index (χ1n) is 9.63. The molecular formula is C23H32O2Si2. The van der Waals surface area contributed by atoms with Crippen LogP contribution in [0.15, 0.2) is 60.7 Å². The van der Waals surface area contributed by atoms with Gasteiger partial charge in [-0.1, -0.05) is 86.9 Å². The summed E-state index contributed by atoms with van der Waals surface area (Å²) < 4.78 is 0. The molecular weight excluding hydrogens is 364 g/mol. The van der Waals surface area contributed by atoms with E-state index in [1.807, 2.05) is 12.1 Å². The van der Waals surface area contributed by atoms with Crippen molar-refractivity contribution in [3.63, 3.8) is 0 Å². The maximum absolute atomic E-state index is 10.1. The van der Waals surface area contributed by atoms with E-state index in [0.29, 0.717) is 5.54 Å². The number of aliphatic hydroxyl groups is 2. The largest absolute Gasteiger partial charge is 0.400 e. The molecule has 0 saturated carbocycles. The molecule has 0 aliphatic heterocycles. The van der Waals surface area contributed by atoms with Gasteiger partial charge in [-0.3, -0.25) is 0 Å². The van der Waals surface area contributed by atoms with Gasteiger partial charge in [0.25, 0.3) is 0 Å². The molecule has 0 radical (unpaired) electrons. The molecule has 0 spiro atoms. The fraction of sp³-hybridized carbons (Fsp3) is 0.391. The van der Waals surface area contributed by atoms with E-state index in [1.165, 1.54) is 11.1 Å². The van der Waals surface area contributed by atoms with E-state index in [-0.39, 0.29) is 18.4 Å². The summed E-state index contributed by atoms with van der Waals surface area (Å²) in [4.78, 5) is 0. The minimum absolute atomic E-state index is 0.105. The van der Waals surface area contributed by atoms with Crippen LogP contribution in [0.25, 0.3) is 0 Å². The summed E-state index contributed by atoms with van der Waals surface area (Å²) in [7, 11) is -3.78. The van der Waals surface area contributed by atoms with Gasteiger partial charge in [-0.25, -0.2) is 0 Å². The van der Waals surface area contributed by atoms with Crippen LogP contribution in [0.1, 0.15) is 29.0 Å². The molecule has 2 rings (SSSR count). The lowest BCUT2D eigenvalue weighted by Crippen LogP contribution is -2.40. The van der Waals surface area contributed by atoms with Crippen molar-refractivity contribution in [2.75, 3.05) is 12.5 Å². The Bertz CT molecular complexity index is 761. The molecule has 0 heterocycles. The lowest BCUT2D eigenvalue weighted by molar-refractivity contribution is 0.354. The van der Waals surface area contributed by atoms with Gasteiger partial charge in [0.05, 0.1) is 8.07 Å². The van der Waals surface area contributed by atoms with Crippen LogP contribution in [0, 0.1) is 11.5 Å². The van der Waals surface area contributed by atoms with Crippen molar-refractivity contribution < 1.29 is 10.2 Å². The van der Waals surface area contributed by atoms with Gasteiger partial charge in [0.2, 0.25) is 0 Å². The zero-order valence-corrected chi connectivity index (χ0v) is 18.9. The van der Waals surface area contributed by atoms with Crippen molar-refractivity contribution >= 4 is 16.1 Å². The Hall–Kier alpha value is -1.65. The minimum atomic E-state index is -1.90. The average molecular weight is 397 g/mol. The van der Waals surface area contributed by atoms with Crippen LogP contribution in [0.2, 0.25) is 26.2 Å². The molecule has 0 aromatic heterocycles. The second-order valence-electron chi connectivity index (χ2n) is 8.62. The predicted molar refractivity (Wildman–Crippen MR) is 120 cm³/mol. The fourth-order valence-corrected chi connectivity index (χ4v) is 6.06. The molecule has 2 aromatic rings. The third-order valence-electron chi connectivity index (χ3n) is 5.21. The standard InChI is InChI=1S/C23H32O2Si2/c1-26(2,18-24)16-15-22(20-11-7-5-8-12-20)17-23(27(3,4)19-25)21-13-9-6-10-14-21/h5-14,22-25H,17-19H2,1-4H3. The molecule has 27 heavy (non-hydrogen) atoms. The maximum Gasteiger partial charge on any atom is 0.158 e. The molecule has 2 unspecified atom stereocenters. The number of aliphatic hydroxyl groups excluding tert-OH is 2. The second-order valence-corrected chi connectivity index (χ2v) is 17.9. The summed E-state index contributed by atoms with van der Waals surface area (Å²) in [5.41, 5.74) is 6.26. The Labute approximate surface area is 166 Å². The molecule has 4 heteroatoms. The highest BCUT2D eigenvalue weighted by Crippen LogP contribution is 2.36.